The summed E-state index contributed by atoms with van der Waals surface area (Å²) in [5.41, 5.74) is 0.894. The quantitative estimate of drug-likeness (QED) is 0.326. The molecular formula is C15H21Cl4NO. The van der Waals surface area contributed by atoms with Gasteiger partial charge in [-0.1, -0.05) is 59.2 Å². The fourth-order valence-electron chi connectivity index (χ4n) is 2.04. The van der Waals surface area contributed by atoms with E-state index in [9.17, 15) is 0 Å². The van der Waals surface area contributed by atoms with Crippen molar-refractivity contribution in [3.63, 3.8) is 0 Å². The monoisotopic (exact) mass is 371 g/mol. The molecule has 0 aliphatic carbocycles. The number of benzene rings is 1. The van der Waals surface area contributed by atoms with Crippen LogP contribution in [0.4, 0.5) is 0 Å². The van der Waals surface area contributed by atoms with Crippen molar-refractivity contribution < 1.29 is 4.74 Å². The number of nitrogens with one attached hydrogen (secondary N) is 1. The van der Waals surface area contributed by atoms with E-state index in [0.717, 1.165) is 50.9 Å². The summed E-state index contributed by atoms with van der Waals surface area (Å²) in [6.07, 6.45) is 5.34. The van der Waals surface area contributed by atoms with Gasteiger partial charge in [-0.3, -0.25) is 0 Å². The Bertz CT molecular complexity index is 440. The second-order valence-corrected chi connectivity index (χ2v) is 6.42. The van der Waals surface area contributed by atoms with Gasteiger partial charge < -0.3 is 10.1 Å². The topological polar surface area (TPSA) is 21.3 Å². The smallest absolute Gasteiger partial charge is 0.0782 e. The number of unbranched alkanes of at least 4 members (excludes halogenated alkanes) is 3. The lowest BCUT2D eigenvalue weighted by Crippen LogP contribution is -2.20. The molecule has 1 N–H and O–H groups in total. The number of ether oxygens (including phenoxy) is 1. The first-order valence-corrected chi connectivity index (χ1v) is 8.60. The first-order chi connectivity index (χ1) is 10.1. The van der Waals surface area contributed by atoms with E-state index in [-0.39, 0.29) is 0 Å². The molecule has 0 amide bonds. The van der Waals surface area contributed by atoms with Crippen LogP contribution in [-0.2, 0) is 11.2 Å². The summed E-state index contributed by atoms with van der Waals surface area (Å²) in [5, 5.41) is 5.19. The van der Waals surface area contributed by atoms with E-state index in [1.807, 2.05) is 0 Å². The van der Waals surface area contributed by atoms with E-state index in [1.54, 1.807) is 13.2 Å². The van der Waals surface area contributed by atoms with Gasteiger partial charge >= 0.3 is 0 Å². The molecule has 0 heterocycles. The molecule has 1 rings (SSSR count). The Labute approximate surface area is 147 Å². The summed E-state index contributed by atoms with van der Waals surface area (Å²) >= 11 is 24.3. The third kappa shape index (κ3) is 6.94. The third-order valence-electron chi connectivity index (χ3n) is 3.22. The number of hydrogen-bond donors (Lipinski definition) is 1. The highest BCUT2D eigenvalue weighted by Gasteiger charge is 2.13. The number of rotatable bonds is 10. The van der Waals surface area contributed by atoms with E-state index in [4.69, 9.17) is 51.1 Å². The van der Waals surface area contributed by atoms with Gasteiger partial charge in [0.25, 0.3) is 0 Å². The van der Waals surface area contributed by atoms with E-state index < -0.39 is 0 Å². The zero-order valence-corrected chi connectivity index (χ0v) is 15.2. The molecular weight excluding hydrogens is 352 g/mol. The normalized spacial score (nSPS) is 11.1. The van der Waals surface area contributed by atoms with Crippen LogP contribution in [0.15, 0.2) is 6.07 Å². The molecule has 0 aliphatic heterocycles. The van der Waals surface area contributed by atoms with Crippen molar-refractivity contribution in [1.29, 1.82) is 0 Å². The fraction of sp³-hybridized carbons (Fsp3) is 0.600. The Morgan fingerprint density at radius 2 is 1.62 bits per heavy atom. The molecule has 0 radical (unpaired) electrons. The van der Waals surface area contributed by atoms with Gasteiger partial charge in [-0.05, 0) is 37.4 Å². The lowest BCUT2D eigenvalue weighted by atomic mass is 10.1. The molecule has 0 spiro atoms. The molecule has 0 bridgehead atoms. The predicted octanol–water partition coefficient (Wildman–Crippen LogP) is 5.64. The van der Waals surface area contributed by atoms with Gasteiger partial charge in [0.05, 0.1) is 21.7 Å². The molecule has 1 aromatic rings. The first kappa shape index (κ1) is 19.3. The molecule has 0 unspecified atom stereocenters. The van der Waals surface area contributed by atoms with E-state index >= 15 is 0 Å². The van der Waals surface area contributed by atoms with Gasteiger partial charge in [0.2, 0.25) is 0 Å². The summed E-state index contributed by atoms with van der Waals surface area (Å²) in [7, 11) is 1.71. The molecule has 120 valence electrons. The zero-order valence-electron chi connectivity index (χ0n) is 12.2. The van der Waals surface area contributed by atoms with Crippen LogP contribution in [0, 0.1) is 0 Å². The first-order valence-electron chi connectivity index (χ1n) is 7.09. The van der Waals surface area contributed by atoms with Crippen molar-refractivity contribution in [2.45, 2.75) is 32.1 Å². The second kappa shape index (κ2) is 10.9. The van der Waals surface area contributed by atoms with Crippen molar-refractivity contribution in [3.05, 3.63) is 31.7 Å². The minimum absolute atomic E-state index is 0.389. The van der Waals surface area contributed by atoms with Gasteiger partial charge in [-0.2, -0.15) is 0 Å². The second-order valence-electron chi connectivity index (χ2n) is 4.85. The number of hydrogen-bond acceptors (Lipinski definition) is 2. The summed E-state index contributed by atoms with van der Waals surface area (Å²) < 4.78 is 4.97. The van der Waals surface area contributed by atoms with Crippen molar-refractivity contribution >= 4 is 46.4 Å². The molecule has 0 aliphatic rings. The molecule has 1 aromatic carbocycles. The molecule has 2 nitrogen and oxygen atoms in total. The molecule has 0 fully saturated rings. The average Bonchev–Trinajstić information content (AvgIpc) is 2.46. The molecule has 21 heavy (non-hydrogen) atoms. The van der Waals surface area contributed by atoms with Crippen LogP contribution in [-0.4, -0.2) is 26.8 Å². The minimum atomic E-state index is 0.389. The van der Waals surface area contributed by atoms with E-state index in [0.29, 0.717) is 20.1 Å². The Morgan fingerprint density at radius 3 is 2.33 bits per heavy atom. The van der Waals surface area contributed by atoms with Crippen LogP contribution >= 0.6 is 46.4 Å². The van der Waals surface area contributed by atoms with Crippen molar-refractivity contribution in [1.82, 2.24) is 5.32 Å². The summed E-state index contributed by atoms with van der Waals surface area (Å²) in [4.78, 5) is 0. The fourth-order valence-corrected chi connectivity index (χ4v) is 3.16. The van der Waals surface area contributed by atoms with Gasteiger partial charge in [-0.25, -0.2) is 0 Å². The van der Waals surface area contributed by atoms with Crippen LogP contribution in [0.1, 0.15) is 31.2 Å². The lowest BCUT2D eigenvalue weighted by Gasteiger charge is -2.10. The van der Waals surface area contributed by atoms with Crippen molar-refractivity contribution in [3.8, 4) is 0 Å². The predicted molar refractivity (Wildman–Crippen MR) is 93.4 cm³/mol. The highest BCUT2D eigenvalue weighted by Crippen LogP contribution is 2.38. The SMILES string of the molecule is COCCNCCCCCCc1c(Cl)cc(Cl)c(Cl)c1Cl. The number of halogens is 4. The minimum Gasteiger partial charge on any atom is -0.383 e. The molecule has 0 saturated heterocycles. The van der Waals surface area contributed by atoms with Crippen LogP contribution in [0.25, 0.3) is 0 Å². The zero-order chi connectivity index (χ0) is 15.7. The maximum atomic E-state index is 6.19. The highest BCUT2D eigenvalue weighted by atomic mass is 35.5. The van der Waals surface area contributed by atoms with Gasteiger partial charge in [0.1, 0.15) is 0 Å². The highest BCUT2D eigenvalue weighted by molar-refractivity contribution is 6.49. The maximum Gasteiger partial charge on any atom is 0.0782 e. The molecule has 6 heteroatoms. The Balaban J connectivity index is 2.23. The maximum absolute atomic E-state index is 6.19. The summed E-state index contributed by atoms with van der Waals surface area (Å²) in [6.45, 7) is 2.69. The summed E-state index contributed by atoms with van der Waals surface area (Å²) in [6, 6.07) is 1.66. The van der Waals surface area contributed by atoms with E-state index in [2.05, 4.69) is 5.32 Å². The number of methoxy groups -OCH3 is 1. The molecule has 0 saturated carbocycles. The summed E-state index contributed by atoms with van der Waals surface area (Å²) in [5.74, 6) is 0. The Kier molecular flexibility index (Phi) is 10.1. The van der Waals surface area contributed by atoms with Crippen LogP contribution in [0.2, 0.25) is 20.1 Å². The van der Waals surface area contributed by atoms with Crippen LogP contribution < -0.4 is 5.32 Å². The van der Waals surface area contributed by atoms with Crippen molar-refractivity contribution in [2.24, 2.45) is 0 Å². The standard InChI is InChI=1S/C15H21Cl4NO/c1-21-9-8-20-7-5-3-2-4-6-11-12(16)10-13(17)15(19)14(11)18/h10,20H,2-9H2,1H3. The van der Waals surface area contributed by atoms with Crippen LogP contribution in [0.5, 0.6) is 0 Å². The Hall–Kier alpha value is 0.300. The Morgan fingerprint density at radius 1 is 0.905 bits per heavy atom. The van der Waals surface area contributed by atoms with E-state index in [1.165, 1.54) is 6.42 Å². The largest absolute Gasteiger partial charge is 0.383 e. The van der Waals surface area contributed by atoms with Crippen LogP contribution in [0.3, 0.4) is 0 Å². The van der Waals surface area contributed by atoms with Gasteiger partial charge in [0, 0.05) is 18.7 Å². The molecule has 0 atom stereocenters. The van der Waals surface area contributed by atoms with Gasteiger partial charge in [0.15, 0.2) is 0 Å². The third-order valence-corrected chi connectivity index (χ3v) is 4.86. The van der Waals surface area contributed by atoms with Crippen molar-refractivity contribution in [2.75, 3.05) is 26.8 Å². The average molecular weight is 373 g/mol. The molecule has 0 aromatic heterocycles. The lowest BCUT2D eigenvalue weighted by molar-refractivity contribution is 0.199. The van der Waals surface area contributed by atoms with Gasteiger partial charge in [-0.15, -0.1) is 0 Å².